The number of nitrogens with zero attached hydrogens (tertiary/aromatic N) is 3. The van der Waals surface area contributed by atoms with Crippen molar-refractivity contribution in [3.63, 3.8) is 0 Å². The average Bonchev–Trinajstić information content (AvgIpc) is 3.22. The van der Waals surface area contributed by atoms with Crippen LogP contribution in [-0.2, 0) is 11.3 Å². The summed E-state index contributed by atoms with van der Waals surface area (Å²) in [6.45, 7) is 1.71. The SMILES string of the molecule is COc1ccc(-c2noc(CN(C)C(=O)[C@H](C)Oc3ccc(F)cc3)n2)c(OC)c1. The van der Waals surface area contributed by atoms with Crippen LogP contribution in [0.2, 0.25) is 0 Å². The molecule has 0 unspecified atom stereocenters. The van der Waals surface area contributed by atoms with E-state index >= 15 is 0 Å². The fraction of sp³-hybridized carbons (Fsp3) is 0.286. The van der Waals surface area contributed by atoms with Gasteiger partial charge in [0, 0.05) is 13.1 Å². The maximum atomic E-state index is 13.0. The van der Waals surface area contributed by atoms with Crippen LogP contribution in [-0.4, -0.2) is 48.3 Å². The van der Waals surface area contributed by atoms with E-state index in [2.05, 4.69) is 10.1 Å². The zero-order valence-electron chi connectivity index (χ0n) is 17.1. The van der Waals surface area contributed by atoms with Crippen LogP contribution in [0.15, 0.2) is 47.0 Å². The van der Waals surface area contributed by atoms with Crippen LogP contribution in [0.5, 0.6) is 17.2 Å². The van der Waals surface area contributed by atoms with Gasteiger partial charge in [0.15, 0.2) is 6.10 Å². The molecule has 0 aliphatic heterocycles. The summed E-state index contributed by atoms with van der Waals surface area (Å²) in [7, 11) is 4.70. The Morgan fingerprint density at radius 3 is 2.50 bits per heavy atom. The lowest BCUT2D eigenvalue weighted by Gasteiger charge is -2.20. The second-order valence-electron chi connectivity index (χ2n) is 6.49. The summed E-state index contributed by atoms with van der Waals surface area (Å²) in [5.41, 5.74) is 0.635. The lowest BCUT2D eigenvalue weighted by Crippen LogP contribution is -2.37. The van der Waals surface area contributed by atoms with Gasteiger partial charge in [0.1, 0.15) is 23.1 Å². The Morgan fingerprint density at radius 1 is 1.13 bits per heavy atom. The van der Waals surface area contributed by atoms with Crippen LogP contribution >= 0.6 is 0 Å². The Balaban J connectivity index is 1.66. The lowest BCUT2D eigenvalue weighted by atomic mass is 10.2. The minimum absolute atomic E-state index is 0.0986. The van der Waals surface area contributed by atoms with Crippen molar-refractivity contribution in [1.82, 2.24) is 15.0 Å². The highest BCUT2D eigenvalue weighted by Crippen LogP contribution is 2.31. The minimum Gasteiger partial charge on any atom is -0.497 e. The second-order valence-corrected chi connectivity index (χ2v) is 6.49. The van der Waals surface area contributed by atoms with Gasteiger partial charge in [-0.15, -0.1) is 0 Å². The van der Waals surface area contributed by atoms with E-state index in [0.717, 1.165) is 0 Å². The van der Waals surface area contributed by atoms with Gasteiger partial charge in [0.05, 0.1) is 26.3 Å². The predicted molar refractivity (Wildman–Crippen MR) is 106 cm³/mol. The lowest BCUT2D eigenvalue weighted by molar-refractivity contribution is -0.137. The molecule has 3 rings (SSSR count). The molecule has 1 aromatic heterocycles. The topological polar surface area (TPSA) is 86.9 Å². The van der Waals surface area contributed by atoms with E-state index in [0.29, 0.717) is 28.6 Å². The van der Waals surface area contributed by atoms with Gasteiger partial charge in [-0.1, -0.05) is 5.16 Å². The standard InChI is InChI=1S/C21H22FN3O5/c1-13(29-15-7-5-14(22)6-8-15)21(26)25(2)12-19-23-20(24-30-19)17-10-9-16(27-3)11-18(17)28-4/h5-11,13H,12H2,1-4H3/t13-/m0/s1. The minimum atomic E-state index is -0.774. The molecule has 8 nitrogen and oxygen atoms in total. The highest BCUT2D eigenvalue weighted by Gasteiger charge is 2.22. The first-order valence-electron chi connectivity index (χ1n) is 9.13. The number of halogens is 1. The maximum Gasteiger partial charge on any atom is 0.263 e. The molecule has 0 aliphatic carbocycles. The number of hydrogen-bond donors (Lipinski definition) is 0. The number of methoxy groups -OCH3 is 2. The molecule has 9 heteroatoms. The van der Waals surface area contributed by atoms with Crippen molar-refractivity contribution in [2.24, 2.45) is 0 Å². The normalized spacial score (nSPS) is 11.6. The Labute approximate surface area is 173 Å². The monoisotopic (exact) mass is 415 g/mol. The maximum absolute atomic E-state index is 13.0. The van der Waals surface area contributed by atoms with Gasteiger partial charge >= 0.3 is 0 Å². The first-order chi connectivity index (χ1) is 14.4. The van der Waals surface area contributed by atoms with Crippen molar-refractivity contribution in [2.75, 3.05) is 21.3 Å². The molecular formula is C21H22FN3O5. The van der Waals surface area contributed by atoms with Crippen molar-refractivity contribution in [2.45, 2.75) is 19.6 Å². The van der Waals surface area contributed by atoms with Gasteiger partial charge in [0.2, 0.25) is 11.7 Å². The molecule has 0 radical (unpaired) electrons. The smallest absolute Gasteiger partial charge is 0.263 e. The van der Waals surface area contributed by atoms with Crippen molar-refractivity contribution in [1.29, 1.82) is 0 Å². The molecular weight excluding hydrogens is 393 g/mol. The molecule has 2 aromatic carbocycles. The molecule has 1 amide bonds. The van der Waals surface area contributed by atoms with Crippen LogP contribution in [0, 0.1) is 5.82 Å². The van der Waals surface area contributed by atoms with Crippen LogP contribution in [0.25, 0.3) is 11.4 Å². The summed E-state index contributed by atoms with van der Waals surface area (Å²) in [5, 5.41) is 3.97. The molecule has 1 atom stereocenters. The van der Waals surface area contributed by atoms with E-state index in [1.807, 2.05) is 0 Å². The van der Waals surface area contributed by atoms with Gasteiger partial charge in [0.25, 0.3) is 5.91 Å². The first-order valence-corrected chi connectivity index (χ1v) is 9.13. The zero-order chi connectivity index (χ0) is 21.7. The fourth-order valence-corrected chi connectivity index (χ4v) is 2.77. The summed E-state index contributed by atoms with van der Waals surface area (Å²) in [5.74, 6) is 1.50. The van der Waals surface area contributed by atoms with Crippen LogP contribution in [0.4, 0.5) is 4.39 Å². The third-order valence-corrected chi connectivity index (χ3v) is 4.34. The predicted octanol–water partition coefficient (Wildman–Crippen LogP) is 3.32. The summed E-state index contributed by atoms with van der Waals surface area (Å²) >= 11 is 0. The Hall–Kier alpha value is -3.62. The number of aromatic nitrogens is 2. The molecule has 158 valence electrons. The van der Waals surface area contributed by atoms with E-state index in [-0.39, 0.29) is 24.2 Å². The van der Waals surface area contributed by atoms with Gasteiger partial charge in [-0.05, 0) is 43.3 Å². The number of amides is 1. The highest BCUT2D eigenvalue weighted by molar-refractivity contribution is 5.80. The third-order valence-electron chi connectivity index (χ3n) is 4.34. The largest absolute Gasteiger partial charge is 0.497 e. The second kappa shape index (κ2) is 9.25. The van der Waals surface area contributed by atoms with Crippen molar-refractivity contribution >= 4 is 5.91 Å². The number of ether oxygens (including phenoxy) is 3. The number of carbonyl (C=O) groups is 1. The van der Waals surface area contributed by atoms with Gasteiger partial charge in [-0.25, -0.2) is 4.39 Å². The van der Waals surface area contributed by atoms with E-state index in [9.17, 15) is 9.18 Å². The van der Waals surface area contributed by atoms with Crippen molar-refractivity contribution < 1.29 is 27.9 Å². The average molecular weight is 415 g/mol. The molecule has 0 spiro atoms. The highest BCUT2D eigenvalue weighted by atomic mass is 19.1. The van der Waals surface area contributed by atoms with Crippen LogP contribution in [0.1, 0.15) is 12.8 Å². The number of rotatable bonds is 8. The molecule has 0 bridgehead atoms. The van der Waals surface area contributed by atoms with Gasteiger partial charge in [-0.2, -0.15) is 4.98 Å². The molecule has 0 saturated carbocycles. The molecule has 0 fully saturated rings. The van der Waals surface area contributed by atoms with Crippen molar-refractivity contribution in [3.05, 3.63) is 54.2 Å². The quantitative estimate of drug-likeness (QED) is 0.558. The van der Waals surface area contributed by atoms with Crippen LogP contribution in [0.3, 0.4) is 0 Å². The Bertz CT molecular complexity index is 1010. The number of benzene rings is 2. The van der Waals surface area contributed by atoms with Gasteiger partial charge in [-0.3, -0.25) is 4.79 Å². The third kappa shape index (κ3) is 4.86. The van der Waals surface area contributed by atoms with E-state index in [4.69, 9.17) is 18.7 Å². The molecule has 0 saturated heterocycles. The molecule has 0 N–H and O–H groups in total. The number of carbonyl (C=O) groups excluding carboxylic acids is 1. The molecule has 3 aromatic rings. The summed E-state index contributed by atoms with van der Waals surface area (Å²) < 4.78 is 34.4. The summed E-state index contributed by atoms with van der Waals surface area (Å²) in [6.07, 6.45) is -0.774. The summed E-state index contributed by atoms with van der Waals surface area (Å²) in [4.78, 5) is 18.3. The summed E-state index contributed by atoms with van der Waals surface area (Å²) in [6, 6.07) is 10.7. The molecule has 1 heterocycles. The fourth-order valence-electron chi connectivity index (χ4n) is 2.77. The first kappa shape index (κ1) is 21.1. The van der Waals surface area contributed by atoms with Gasteiger partial charge < -0.3 is 23.6 Å². The molecule has 30 heavy (non-hydrogen) atoms. The van der Waals surface area contributed by atoms with Crippen molar-refractivity contribution in [3.8, 4) is 28.6 Å². The number of hydrogen-bond acceptors (Lipinski definition) is 7. The number of likely N-dealkylation sites (N-methyl/N-ethyl adjacent to an activating group) is 1. The zero-order valence-corrected chi connectivity index (χ0v) is 17.1. The van der Waals surface area contributed by atoms with E-state index < -0.39 is 6.10 Å². The Kier molecular flexibility index (Phi) is 6.51. The Morgan fingerprint density at radius 2 is 1.83 bits per heavy atom. The van der Waals surface area contributed by atoms with Crippen LogP contribution < -0.4 is 14.2 Å². The van der Waals surface area contributed by atoms with E-state index in [1.165, 1.54) is 36.3 Å². The van der Waals surface area contributed by atoms with E-state index in [1.54, 1.807) is 39.3 Å². The molecule has 0 aliphatic rings.